The van der Waals surface area contributed by atoms with E-state index in [1.165, 1.54) is 29.4 Å². The monoisotopic (exact) mass is 1510 g/mol. The van der Waals surface area contributed by atoms with Crippen molar-refractivity contribution in [1.29, 1.82) is 0 Å². The minimum absolute atomic E-state index is 0. The van der Waals surface area contributed by atoms with Gasteiger partial charge in [-0.1, -0.05) is 149 Å². The van der Waals surface area contributed by atoms with Crippen molar-refractivity contribution in [2.45, 2.75) is 244 Å². The Morgan fingerprint density at radius 3 is 1.47 bits per heavy atom. The SMILES string of the molecule is C=CCNC(=O)C(=O)C(CC1CC1)NC(=O)[C@@H]1[C@@H]2[C@H](CN1C(=O)[C@@H](N)C(C)(C)C)C2(C)C.C=CCNC(=O)C(O)C(CC1CC1)NC(=O)[C@@H]1[C@@H]2[C@H](CN1C(=O)[C@@H](NC(=O)N[C@H](CN1CCN(C(C)C)S1(=O)=O)C(C)(C)C)C(C)(C)C)C2(C)C.CC(C)N1CCN(C[C@@H](N=C=O)C(C)(C)C)S1(=O)=O.Cl. The van der Waals surface area contributed by atoms with Crippen molar-refractivity contribution in [2.75, 3.05) is 65.4 Å². The molecule has 0 aromatic rings. The highest BCUT2D eigenvalue weighted by atomic mass is 35.5. The number of carbonyl (C=O) groups excluding carboxylic acids is 9. The minimum atomic E-state index is -3.69. The fraction of sp³-hybridized carbons (Fsp3) is 0.819. The molecular formula is C72H125ClN14O14S2. The minimum Gasteiger partial charge on any atom is -0.381 e. The van der Waals surface area contributed by atoms with Crippen LogP contribution in [0.4, 0.5) is 4.79 Å². The molecule has 31 heteroatoms. The highest BCUT2D eigenvalue weighted by molar-refractivity contribution is 7.87. The Labute approximate surface area is 620 Å². The maximum absolute atomic E-state index is 14.5. The number of isocyanates is 1. The number of aliphatic hydroxyl groups is 1. The third-order valence-electron chi connectivity index (χ3n) is 22.2. The van der Waals surface area contributed by atoms with Crippen LogP contribution < -0.4 is 37.6 Å². The molecule has 0 spiro atoms. The van der Waals surface area contributed by atoms with E-state index in [0.717, 1.165) is 25.7 Å². The Balaban J connectivity index is 0.000000311. The molecule has 8 amide bonds. The number of hydrogen-bond donors (Lipinski definition) is 8. The lowest BCUT2D eigenvalue weighted by Gasteiger charge is -2.39. The van der Waals surface area contributed by atoms with Crippen LogP contribution in [0.1, 0.15) is 177 Å². The van der Waals surface area contributed by atoms with Gasteiger partial charge in [0, 0.05) is 83.6 Å². The van der Waals surface area contributed by atoms with Crippen molar-refractivity contribution in [3.05, 3.63) is 25.3 Å². The second kappa shape index (κ2) is 33.8. The highest BCUT2D eigenvalue weighted by Gasteiger charge is 2.71. The average Bonchev–Trinajstić information content (AvgIpc) is 1.53. The highest BCUT2D eigenvalue weighted by Crippen LogP contribution is 2.66. The van der Waals surface area contributed by atoms with Gasteiger partial charge in [0.05, 0.1) is 24.2 Å². The molecule has 586 valence electrons. The molecule has 8 rings (SSSR count). The molecule has 4 saturated heterocycles. The Hall–Kier alpha value is -5.43. The van der Waals surface area contributed by atoms with Gasteiger partial charge < -0.3 is 52.5 Å². The average molecular weight is 1510 g/mol. The molecule has 4 aliphatic carbocycles. The number of Topliss-reactive ketones (excluding diaryl/α,β-unsaturated/α-hetero) is 1. The van der Waals surface area contributed by atoms with E-state index in [1.807, 2.05) is 111 Å². The van der Waals surface area contributed by atoms with Crippen LogP contribution in [0.15, 0.2) is 30.3 Å². The Kier molecular flexibility index (Phi) is 28.9. The summed E-state index contributed by atoms with van der Waals surface area (Å²) in [6.07, 6.45) is 7.87. The summed E-state index contributed by atoms with van der Waals surface area (Å²) in [5.41, 5.74) is 4.01. The van der Waals surface area contributed by atoms with E-state index in [-0.39, 0.29) is 108 Å². The van der Waals surface area contributed by atoms with Gasteiger partial charge in [0.15, 0.2) is 6.10 Å². The molecule has 13 atom stereocenters. The second-order valence-electron chi connectivity index (χ2n) is 35.6. The number of fused-ring (bicyclic) bond motifs is 2. The van der Waals surface area contributed by atoms with E-state index in [2.05, 4.69) is 77.7 Å². The summed E-state index contributed by atoms with van der Waals surface area (Å²) in [6, 6.07) is -6.80. The van der Waals surface area contributed by atoms with Gasteiger partial charge in [-0.3, -0.25) is 33.6 Å². The van der Waals surface area contributed by atoms with E-state index >= 15 is 0 Å². The van der Waals surface area contributed by atoms with Crippen LogP contribution in [0.3, 0.4) is 0 Å². The summed E-state index contributed by atoms with van der Waals surface area (Å²) in [7, 11) is -7.11. The number of nitrogens with one attached hydrogen (secondary N) is 6. The number of rotatable bonds is 27. The molecular weight excluding hydrogens is 1380 g/mol. The molecule has 4 saturated carbocycles. The van der Waals surface area contributed by atoms with Crippen molar-refractivity contribution in [2.24, 2.45) is 78.7 Å². The van der Waals surface area contributed by atoms with Crippen LogP contribution in [0, 0.1) is 68.0 Å². The third kappa shape index (κ3) is 21.3. The number of halogens is 1. The molecule has 8 fully saturated rings. The molecule has 8 aliphatic rings. The molecule has 9 N–H and O–H groups in total. The number of carbonyl (C=O) groups is 8. The fourth-order valence-corrected chi connectivity index (χ4v) is 18.3. The first-order chi connectivity index (χ1) is 46.8. The quantitative estimate of drug-likeness (QED) is 0.0247. The zero-order chi connectivity index (χ0) is 77.3. The number of nitrogens with two attached hydrogens (primary N) is 1. The maximum atomic E-state index is 14.5. The van der Waals surface area contributed by atoms with Crippen LogP contribution in [-0.4, -0.2) is 234 Å². The van der Waals surface area contributed by atoms with E-state index < -0.39 is 121 Å². The summed E-state index contributed by atoms with van der Waals surface area (Å²) in [4.78, 5) is 124. The molecule has 4 heterocycles. The smallest absolute Gasteiger partial charge is 0.315 e. The Bertz CT molecular complexity index is 3390. The molecule has 28 nitrogen and oxygen atoms in total. The van der Waals surface area contributed by atoms with Gasteiger partial charge in [-0.15, -0.1) is 25.6 Å². The summed E-state index contributed by atoms with van der Waals surface area (Å²) < 4.78 is 56.8. The molecule has 0 aromatic heterocycles. The van der Waals surface area contributed by atoms with Crippen molar-refractivity contribution < 1.29 is 65.1 Å². The maximum Gasteiger partial charge on any atom is 0.315 e. The number of urea groups is 1. The van der Waals surface area contributed by atoms with Gasteiger partial charge in [0.25, 0.3) is 32.2 Å². The van der Waals surface area contributed by atoms with E-state index in [9.17, 15) is 65.1 Å². The fourth-order valence-electron chi connectivity index (χ4n) is 14.7. The van der Waals surface area contributed by atoms with Crippen molar-refractivity contribution in [1.82, 2.24) is 58.9 Å². The number of amides is 8. The molecule has 0 aromatic carbocycles. The molecule has 4 aliphatic heterocycles. The van der Waals surface area contributed by atoms with Gasteiger partial charge in [0.1, 0.15) is 18.1 Å². The number of hydrogen-bond acceptors (Lipinski definition) is 16. The van der Waals surface area contributed by atoms with Gasteiger partial charge in [-0.25, -0.2) is 14.6 Å². The number of aliphatic hydroxyl groups excluding tert-OH is 1. The predicted molar refractivity (Wildman–Crippen MR) is 397 cm³/mol. The van der Waals surface area contributed by atoms with E-state index in [1.54, 1.807) is 15.9 Å². The third-order valence-corrected chi connectivity index (χ3v) is 26.5. The van der Waals surface area contributed by atoms with Gasteiger partial charge >= 0.3 is 6.03 Å². The van der Waals surface area contributed by atoms with Crippen LogP contribution in [0.5, 0.6) is 0 Å². The number of likely N-dealkylation sites (tertiary alicyclic amines) is 2. The first-order valence-electron chi connectivity index (χ1n) is 36.5. The number of piperidine rings is 2. The lowest BCUT2D eigenvalue weighted by atomic mass is 9.85. The van der Waals surface area contributed by atoms with Crippen molar-refractivity contribution in [3.8, 4) is 0 Å². The Morgan fingerprint density at radius 2 is 1.06 bits per heavy atom. The first kappa shape index (κ1) is 88.2. The van der Waals surface area contributed by atoms with E-state index in [0.29, 0.717) is 63.9 Å². The number of aliphatic imine (C=N–C) groups is 1. The summed E-state index contributed by atoms with van der Waals surface area (Å²) in [5.74, 6) is -2.58. The number of ketones is 1. The van der Waals surface area contributed by atoms with Gasteiger partial charge in [-0.05, 0) is 109 Å². The zero-order valence-electron chi connectivity index (χ0n) is 64.9. The lowest BCUT2D eigenvalue weighted by Crippen LogP contribution is -2.63. The largest absolute Gasteiger partial charge is 0.381 e. The summed E-state index contributed by atoms with van der Waals surface area (Å²) in [5, 5.41) is 27.7. The standard InChI is InChI=1S/C36H63N7O7S.C24H38N4O4.C12H23N3O3S.ClH/c1-12-15-37-31(46)28(44)24(18-22-13-14-22)38-30(45)27-26-23(36(26,10)11)19-42(27)32(47)29(35(7,8)9)40-33(48)39-25(34(4,5)6)20-41-16-17-43(21(2)3)51(41,49)50;1-7-10-26-21(31)18(29)15(11-13-8-9-13)27-20(30)17-16-14(24(16,5)6)12-28(17)22(32)19(25)23(2,3)4;1-10(2)15-7-6-14(19(15,17)18)8-11(13-9-16)12(3,4)5;/h12,21-29,44H,1,13-20H2,2-11H3,(H,37,46)(H,38,45)(H2,39,40,48);7,13-17,19H,1,8-12,25H2,2-6H3,(H,26,31)(H,27,30);10-11H,6-8H2,1-5H3;1H/t23-,24?,25+,26-,27-,28?,29+;14-,15?,16-,17-,19+;11-;/m001./s1. The molecule has 0 bridgehead atoms. The Morgan fingerprint density at radius 1 is 0.612 bits per heavy atom. The topological polar surface area (TPSA) is 372 Å². The first-order valence-corrected chi connectivity index (χ1v) is 39.3. The summed E-state index contributed by atoms with van der Waals surface area (Å²) >= 11 is 0. The van der Waals surface area contributed by atoms with Crippen LogP contribution in [-0.2, 0) is 58.8 Å². The van der Waals surface area contributed by atoms with Crippen LogP contribution in [0.25, 0.3) is 0 Å². The molecule has 103 heavy (non-hydrogen) atoms. The number of nitrogens with zero attached hydrogens (tertiary/aromatic N) is 7. The lowest BCUT2D eigenvalue weighted by molar-refractivity contribution is -0.145. The molecule has 0 radical (unpaired) electrons. The normalized spacial score (nSPS) is 26.0. The van der Waals surface area contributed by atoms with Gasteiger partial charge in [-0.2, -0.15) is 34.1 Å². The van der Waals surface area contributed by atoms with Crippen LogP contribution >= 0.6 is 12.4 Å². The van der Waals surface area contributed by atoms with Crippen LogP contribution in [0.2, 0.25) is 0 Å². The zero-order valence-corrected chi connectivity index (χ0v) is 67.3. The second-order valence-corrected chi connectivity index (χ2v) is 39.3. The van der Waals surface area contributed by atoms with Crippen molar-refractivity contribution in [3.63, 3.8) is 0 Å². The van der Waals surface area contributed by atoms with E-state index in [4.69, 9.17) is 5.73 Å². The molecule has 3 unspecified atom stereocenters. The van der Waals surface area contributed by atoms with Gasteiger partial charge in [0.2, 0.25) is 35.5 Å². The van der Waals surface area contributed by atoms with Crippen molar-refractivity contribution >= 4 is 86.2 Å². The summed E-state index contributed by atoms with van der Waals surface area (Å²) in [6.45, 7) is 48.7. The predicted octanol–water partition coefficient (Wildman–Crippen LogP) is 4.25.